The van der Waals surface area contributed by atoms with E-state index in [4.69, 9.17) is 14.5 Å². The number of carbonyl (C=O) groups excluding carboxylic acids is 1. The lowest BCUT2D eigenvalue weighted by Crippen LogP contribution is -2.42. The summed E-state index contributed by atoms with van der Waals surface area (Å²) in [6.45, 7) is 11.8. The Hall–Kier alpha value is -4.43. The molecule has 0 saturated carbocycles. The Morgan fingerprint density at radius 2 is 1.96 bits per heavy atom. The van der Waals surface area contributed by atoms with Crippen LogP contribution < -0.4 is 19.9 Å². The van der Waals surface area contributed by atoms with Gasteiger partial charge in [0.1, 0.15) is 17.9 Å². The molecule has 1 N–H and O–H groups in total. The van der Waals surface area contributed by atoms with Gasteiger partial charge < -0.3 is 24.6 Å². The molecule has 0 atom stereocenters. The van der Waals surface area contributed by atoms with E-state index < -0.39 is 11.7 Å². The van der Waals surface area contributed by atoms with Crippen molar-refractivity contribution in [1.82, 2.24) is 19.9 Å². The van der Waals surface area contributed by atoms with Crippen LogP contribution >= 0.6 is 0 Å². The molecule has 0 aliphatic carbocycles. The highest BCUT2D eigenvalue weighted by molar-refractivity contribution is 5.92. The van der Waals surface area contributed by atoms with Gasteiger partial charge in [-0.2, -0.15) is 5.26 Å². The van der Waals surface area contributed by atoms with E-state index >= 15 is 0 Å². The third-order valence-electron chi connectivity index (χ3n) is 8.80. The summed E-state index contributed by atoms with van der Waals surface area (Å²) in [4.78, 5) is 33.5. The first-order valence-corrected chi connectivity index (χ1v) is 15.8. The summed E-state index contributed by atoms with van der Waals surface area (Å²) < 4.78 is 11.5. The third-order valence-corrected chi connectivity index (χ3v) is 8.80. The number of rotatable bonds is 5. The second-order valence-electron chi connectivity index (χ2n) is 13.2. The number of hydrogen-bond acceptors (Lipinski definition) is 10. The molecule has 3 aliphatic rings. The van der Waals surface area contributed by atoms with E-state index in [1.54, 1.807) is 4.90 Å². The van der Waals surface area contributed by atoms with Crippen molar-refractivity contribution in [3.63, 3.8) is 0 Å². The number of ether oxygens (including phenoxy) is 2. The van der Waals surface area contributed by atoms with E-state index in [0.29, 0.717) is 49.6 Å². The van der Waals surface area contributed by atoms with Gasteiger partial charge in [0.2, 0.25) is 11.8 Å². The topological polar surface area (TPSA) is 120 Å². The number of nitrogens with zero attached hydrogens (tertiary/aromatic N) is 7. The van der Waals surface area contributed by atoms with Crippen molar-refractivity contribution in [3.05, 3.63) is 58.5 Å². The van der Waals surface area contributed by atoms with Crippen LogP contribution in [-0.2, 0) is 24.1 Å². The van der Waals surface area contributed by atoms with Gasteiger partial charge in [0, 0.05) is 24.0 Å². The zero-order chi connectivity index (χ0) is 31.7. The van der Waals surface area contributed by atoms with Crippen molar-refractivity contribution in [2.45, 2.75) is 71.4 Å². The molecule has 45 heavy (non-hydrogen) atoms. The monoisotopic (exact) mass is 610 g/mol. The Morgan fingerprint density at radius 1 is 1.16 bits per heavy atom. The predicted molar refractivity (Wildman–Crippen MR) is 173 cm³/mol. The van der Waals surface area contributed by atoms with Crippen molar-refractivity contribution in [2.24, 2.45) is 0 Å². The minimum atomic E-state index is -0.609. The maximum atomic E-state index is 13.1. The molecule has 0 unspecified atom stereocenters. The molecular formula is C34H42N8O3. The average molecular weight is 611 g/mol. The molecule has 0 radical (unpaired) electrons. The van der Waals surface area contributed by atoms with Crippen LogP contribution in [0.3, 0.4) is 0 Å². The lowest BCUT2D eigenvalue weighted by atomic mass is 9.85. The van der Waals surface area contributed by atoms with Crippen LogP contribution in [-0.4, -0.2) is 71.4 Å². The standard InChI is InChI=1S/C34H42N8O3/c1-22-29(20-36-31-30(22)42(16-17-44-31)33(43)45-34(2,3)4)41-15-11-25-19-37-32(39-28(25)21-41)38-26-6-7-27(24(18-26)8-12-35)23-9-13-40(5)14-10-23/h6-7,18-20,23H,8-11,13-17,21H2,1-5H3,(H,37,38,39). The zero-order valence-electron chi connectivity index (χ0n) is 26.9. The van der Waals surface area contributed by atoms with Gasteiger partial charge in [-0.3, -0.25) is 4.90 Å². The molecule has 3 aromatic rings. The molecular weight excluding hydrogens is 568 g/mol. The summed E-state index contributed by atoms with van der Waals surface area (Å²) in [5, 5.41) is 12.9. The van der Waals surface area contributed by atoms with Crippen LogP contribution in [0.25, 0.3) is 0 Å². The van der Waals surface area contributed by atoms with Crippen LogP contribution in [0.2, 0.25) is 0 Å². The summed E-state index contributed by atoms with van der Waals surface area (Å²) in [6, 6.07) is 8.67. The van der Waals surface area contributed by atoms with Gasteiger partial charge in [0.05, 0.1) is 43.2 Å². The van der Waals surface area contributed by atoms with Gasteiger partial charge in [-0.25, -0.2) is 19.7 Å². The molecule has 2 aromatic heterocycles. The van der Waals surface area contributed by atoms with Crippen LogP contribution in [0.1, 0.15) is 67.5 Å². The fourth-order valence-electron chi connectivity index (χ4n) is 6.48. The van der Waals surface area contributed by atoms with Crippen LogP contribution in [0, 0.1) is 18.3 Å². The smallest absolute Gasteiger partial charge is 0.415 e. The molecule has 11 heteroatoms. The number of amides is 1. The second kappa shape index (κ2) is 12.5. The van der Waals surface area contributed by atoms with E-state index in [0.717, 1.165) is 72.7 Å². The average Bonchev–Trinajstić information content (AvgIpc) is 3.01. The number of nitrogens with one attached hydrogen (secondary N) is 1. The van der Waals surface area contributed by atoms with Gasteiger partial charge >= 0.3 is 6.09 Å². The normalized spacial score (nSPS) is 17.2. The minimum Gasteiger partial charge on any atom is -0.474 e. The molecule has 3 aliphatic heterocycles. The van der Waals surface area contributed by atoms with Gasteiger partial charge in [-0.15, -0.1) is 0 Å². The quantitative estimate of drug-likeness (QED) is 0.397. The summed E-state index contributed by atoms with van der Waals surface area (Å²) >= 11 is 0. The van der Waals surface area contributed by atoms with Crippen molar-refractivity contribution in [1.29, 1.82) is 5.26 Å². The SMILES string of the molecule is Cc1c(N2CCc3cnc(Nc4ccc(C5CCN(C)CC5)c(CC#N)c4)nc3C2)cnc2c1N(C(=O)OC(C)(C)C)CCO2. The lowest BCUT2D eigenvalue weighted by Gasteiger charge is -2.35. The highest BCUT2D eigenvalue weighted by Gasteiger charge is 2.33. The van der Waals surface area contributed by atoms with Crippen molar-refractivity contribution in [2.75, 3.05) is 55.0 Å². The van der Waals surface area contributed by atoms with E-state index in [2.05, 4.69) is 56.4 Å². The number of nitriles is 1. The molecule has 5 heterocycles. The first-order chi connectivity index (χ1) is 21.6. The van der Waals surface area contributed by atoms with E-state index in [1.807, 2.05) is 40.1 Å². The minimum absolute atomic E-state index is 0.362. The van der Waals surface area contributed by atoms with Crippen molar-refractivity contribution < 1.29 is 14.3 Å². The maximum absolute atomic E-state index is 13.1. The van der Waals surface area contributed by atoms with Gasteiger partial charge in [0.15, 0.2) is 0 Å². The fourth-order valence-corrected chi connectivity index (χ4v) is 6.48. The fraction of sp³-hybridized carbons (Fsp3) is 0.500. The first-order valence-electron chi connectivity index (χ1n) is 15.8. The van der Waals surface area contributed by atoms with E-state index in [1.165, 1.54) is 5.56 Å². The number of likely N-dealkylation sites (tertiary alicyclic amines) is 1. The number of anilines is 4. The Balaban J connectivity index is 1.21. The molecule has 1 aromatic carbocycles. The Bertz CT molecular complexity index is 1620. The highest BCUT2D eigenvalue weighted by Crippen LogP contribution is 2.40. The van der Waals surface area contributed by atoms with Crippen LogP contribution in [0.5, 0.6) is 5.88 Å². The largest absolute Gasteiger partial charge is 0.474 e. The molecule has 1 fully saturated rings. The molecule has 236 valence electrons. The zero-order valence-corrected chi connectivity index (χ0v) is 26.9. The lowest BCUT2D eigenvalue weighted by molar-refractivity contribution is 0.0566. The van der Waals surface area contributed by atoms with Gasteiger partial charge in [-0.1, -0.05) is 6.07 Å². The van der Waals surface area contributed by atoms with E-state index in [9.17, 15) is 10.1 Å². The molecule has 6 rings (SSSR count). The first kappa shape index (κ1) is 30.6. The third kappa shape index (κ3) is 6.66. The molecule has 0 bridgehead atoms. The number of piperidine rings is 1. The number of fused-ring (bicyclic) bond motifs is 2. The number of carbonyl (C=O) groups is 1. The Morgan fingerprint density at radius 3 is 2.71 bits per heavy atom. The van der Waals surface area contributed by atoms with Crippen LogP contribution in [0.15, 0.2) is 30.6 Å². The molecule has 1 saturated heterocycles. The second-order valence-corrected chi connectivity index (χ2v) is 13.2. The van der Waals surface area contributed by atoms with Gasteiger partial charge in [-0.05, 0) is 102 Å². The van der Waals surface area contributed by atoms with Crippen molar-refractivity contribution in [3.8, 4) is 11.9 Å². The Kier molecular flexibility index (Phi) is 8.51. The van der Waals surface area contributed by atoms with Crippen molar-refractivity contribution >= 4 is 29.1 Å². The molecule has 1 amide bonds. The maximum Gasteiger partial charge on any atom is 0.415 e. The van der Waals surface area contributed by atoms with Gasteiger partial charge in [0.25, 0.3) is 0 Å². The molecule has 11 nitrogen and oxygen atoms in total. The number of benzene rings is 1. The number of hydrogen-bond donors (Lipinski definition) is 1. The summed E-state index contributed by atoms with van der Waals surface area (Å²) in [5.74, 6) is 1.45. The number of pyridine rings is 1. The number of aromatic nitrogens is 3. The summed E-state index contributed by atoms with van der Waals surface area (Å²) in [6.07, 6.45) is 6.70. The highest BCUT2D eigenvalue weighted by atomic mass is 16.6. The van der Waals surface area contributed by atoms with E-state index in [-0.39, 0.29) is 0 Å². The Labute approximate surface area is 265 Å². The molecule has 0 spiro atoms. The summed E-state index contributed by atoms with van der Waals surface area (Å²) in [5.41, 5.74) is 7.17. The predicted octanol–water partition coefficient (Wildman–Crippen LogP) is 5.50. The van der Waals surface area contributed by atoms with Crippen LogP contribution in [0.4, 0.5) is 27.8 Å². The summed E-state index contributed by atoms with van der Waals surface area (Å²) in [7, 11) is 2.16.